The van der Waals surface area contributed by atoms with Gasteiger partial charge in [-0.2, -0.15) is 0 Å². The summed E-state index contributed by atoms with van der Waals surface area (Å²) in [6.07, 6.45) is 7.75. The Balaban J connectivity index is 1.73. The molecule has 3 unspecified atom stereocenters. The first kappa shape index (κ1) is 12.4. The van der Waals surface area contributed by atoms with Gasteiger partial charge in [-0.05, 0) is 31.1 Å². The lowest BCUT2D eigenvalue weighted by Crippen LogP contribution is -2.30. The van der Waals surface area contributed by atoms with E-state index in [9.17, 15) is 4.79 Å². The summed E-state index contributed by atoms with van der Waals surface area (Å²) in [5.74, 6) is 2.08. The maximum Gasteiger partial charge on any atom is 0.236 e. The minimum absolute atomic E-state index is 0.0952. The maximum atomic E-state index is 11.7. The van der Waals surface area contributed by atoms with E-state index in [4.69, 9.17) is 0 Å². The molecule has 0 N–H and O–H groups in total. The van der Waals surface area contributed by atoms with Crippen molar-refractivity contribution in [1.82, 2.24) is 4.90 Å². The van der Waals surface area contributed by atoms with Gasteiger partial charge in [-0.3, -0.25) is 4.79 Å². The van der Waals surface area contributed by atoms with Crippen molar-refractivity contribution in [2.45, 2.75) is 50.3 Å². The Bertz CT molecular complexity index is 256. The Labute approximate surface area is 107 Å². The van der Waals surface area contributed by atoms with Crippen LogP contribution in [-0.2, 0) is 4.79 Å². The highest BCUT2D eigenvalue weighted by atomic mass is 79.9. The van der Waals surface area contributed by atoms with Crippen LogP contribution in [0.2, 0.25) is 0 Å². The van der Waals surface area contributed by atoms with Crippen LogP contribution in [0.15, 0.2) is 0 Å². The molecule has 2 fully saturated rings. The van der Waals surface area contributed by atoms with Crippen LogP contribution in [0.3, 0.4) is 0 Å². The first-order valence-corrected chi connectivity index (χ1v) is 7.51. The monoisotopic (exact) mass is 287 g/mol. The molecular formula is C13H22BrNO. The number of rotatable bonds is 3. The number of carbonyl (C=O) groups is 1. The van der Waals surface area contributed by atoms with Crippen LogP contribution in [0.1, 0.15) is 45.4 Å². The molecule has 3 heteroatoms. The lowest BCUT2D eigenvalue weighted by atomic mass is 9.81. The predicted octanol–water partition coefficient (Wildman–Crippen LogP) is 3.20. The van der Waals surface area contributed by atoms with Crippen LogP contribution in [0.4, 0.5) is 0 Å². The minimum atomic E-state index is 0.0952. The lowest BCUT2D eigenvalue weighted by Gasteiger charge is -2.28. The molecule has 0 radical (unpaired) electrons. The van der Waals surface area contributed by atoms with E-state index in [0.717, 1.165) is 31.3 Å². The van der Waals surface area contributed by atoms with E-state index in [0.29, 0.717) is 5.91 Å². The molecule has 0 spiro atoms. The van der Waals surface area contributed by atoms with Gasteiger partial charge in [0.1, 0.15) is 0 Å². The SMILES string of the molecule is CC1CCCC(CCN2CCC(Br)C2=O)C1. The number of carbonyl (C=O) groups excluding carboxylic acids is 1. The maximum absolute atomic E-state index is 11.7. The van der Waals surface area contributed by atoms with Gasteiger partial charge in [0.2, 0.25) is 5.91 Å². The topological polar surface area (TPSA) is 20.3 Å². The molecule has 1 amide bonds. The normalized spacial score (nSPS) is 35.8. The fourth-order valence-corrected chi connectivity index (χ4v) is 3.58. The fourth-order valence-electron chi connectivity index (χ4n) is 3.08. The highest BCUT2D eigenvalue weighted by Crippen LogP contribution is 2.31. The Morgan fingerprint density at radius 2 is 2.19 bits per heavy atom. The van der Waals surface area contributed by atoms with E-state index in [-0.39, 0.29) is 4.83 Å². The zero-order valence-corrected chi connectivity index (χ0v) is 11.7. The summed E-state index contributed by atoms with van der Waals surface area (Å²) in [4.78, 5) is 13.9. The molecule has 2 aliphatic rings. The van der Waals surface area contributed by atoms with E-state index < -0.39 is 0 Å². The van der Waals surface area contributed by atoms with Crippen molar-refractivity contribution in [2.75, 3.05) is 13.1 Å². The zero-order chi connectivity index (χ0) is 11.5. The predicted molar refractivity (Wildman–Crippen MR) is 69.7 cm³/mol. The summed E-state index contributed by atoms with van der Waals surface area (Å²) in [5, 5.41) is 0. The molecule has 1 saturated carbocycles. The molecule has 2 rings (SSSR count). The molecule has 0 bridgehead atoms. The number of hydrogen-bond donors (Lipinski definition) is 0. The quantitative estimate of drug-likeness (QED) is 0.730. The average molecular weight is 288 g/mol. The van der Waals surface area contributed by atoms with Crippen LogP contribution in [0.25, 0.3) is 0 Å². The summed E-state index contributed by atoms with van der Waals surface area (Å²) in [7, 11) is 0. The Morgan fingerprint density at radius 3 is 2.81 bits per heavy atom. The third-order valence-electron chi connectivity index (χ3n) is 4.08. The number of amides is 1. The highest BCUT2D eigenvalue weighted by molar-refractivity contribution is 9.10. The molecule has 3 atom stereocenters. The molecule has 2 nitrogen and oxygen atoms in total. The van der Waals surface area contributed by atoms with Crippen molar-refractivity contribution in [1.29, 1.82) is 0 Å². The second-order valence-corrected chi connectivity index (χ2v) is 6.61. The number of halogens is 1. The van der Waals surface area contributed by atoms with Crippen LogP contribution in [-0.4, -0.2) is 28.7 Å². The number of likely N-dealkylation sites (tertiary alicyclic amines) is 1. The van der Waals surface area contributed by atoms with Gasteiger partial charge in [0.25, 0.3) is 0 Å². The van der Waals surface area contributed by atoms with Crippen molar-refractivity contribution < 1.29 is 4.79 Å². The number of alkyl halides is 1. The molecule has 0 aromatic rings. The van der Waals surface area contributed by atoms with Crippen molar-refractivity contribution in [3.63, 3.8) is 0 Å². The van der Waals surface area contributed by atoms with E-state index in [2.05, 4.69) is 22.9 Å². The van der Waals surface area contributed by atoms with Crippen LogP contribution in [0.5, 0.6) is 0 Å². The van der Waals surface area contributed by atoms with Crippen molar-refractivity contribution >= 4 is 21.8 Å². The summed E-state index contributed by atoms with van der Waals surface area (Å²) in [6.45, 7) is 4.30. The lowest BCUT2D eigenvalue weighted by molar-refractivity contribution is -0.127. The minimum Gasteiger partial charge on any atom is -0.342 e. The smallest absolute Gasteiger partial charge is 0.236 e. The third kappa shape index (κ3) is 2.99. The first-order chi connectivity index (χ1) is 7.66. The second kappa shape index (κ2) is 5.52. The Kier molecular flexibility index (Phi) is 4.28. The van der Waals surface area contributed by atoms with Gasteiger partial charge in [0.15, 0.2) is 0 Å². The van der Waals surface area contributed by atoms with Crippen LogP contribution >= 0.6 is 15.9 Å². The summed E-state index contributed by atoms with van der Waals surface area (Å²) in [6, 6.07) is 0. The molecular weight excluding hydrogens is 266 g/mol. The number of hydrogen-bond acceptors (Lipinski definition) is 1. The number of nitrogens with zero attached hydrogens (tertiary/aromatic N) is 1. The largest absolute Gasteiger partial charge is 0.342 e. The van der Waals surface area contributed by atoms with Crippen molar-refractivity contribution in [3.05, 3.63) is 0 Å². The third-order valence-corrected chi connectivity index (χ3v) is 4.93. The van der Waals surface area contributed by atoms with E-state index >= 15 is 0 Å². The van der Waals surface area contributed by atoms with E-state index in [1.54, 1.807) is 0 Å². The highest BCUT2D eigenvalue weighted by Gasteiger charge is 2.29. The molecule has 0 aromatic carbocycles. The van der Waals surface area contributed by atoms with E-state index in [1.165, 1.54) is 32.1 Å². The van der Waals surface area contributed by atoms with Crippen molar-refractivity contribution in [2.24, 2.45) is 11.8 Å². The molecule has 16 heavy (non-hydrogen) atoms. The standard InChI is InChI=1S/C13H22BrNO/c1-10-3-2-4-11(9-10)5-7-15-8-6-12(14)13(15)16/h10-12H,2-9H2,1H3. The molecule has 1 aliphatic carbocycles. The van der Waals surface area contributed by atoms with Gasteiger partial charge in [-0.25, -0.2) is 0 Å². The van der Waals surface area contributed by atoms with Crippen LogP contribution in [0, 0.1) is 11.8 Å². The molecule has 1 heterocycles. The van der Waals surface area contributed by atoms with Crippen molar-refractivity contribution in [3.8, 4) is 0 Å². The molecule has 1 aliphatic heterocycles. The van der Waals surface area contributed by atoms with Gasteiger partial charge >= 0.3 is 0 Å². The zero-order valence-electron chi connectivity index (χ0n) is 10.1. The van der Waals surface area contributed by atoms with Gasteiger partial charge in [-0.15, -0.1) is 0 Å². The van der Waals surface area contributed by atoms with Gasteiger partial charge in [0, 0.05) is 13.1 Å². The molecule has 92 valence electrons. The first-order valence-electron chi connectivity index (χ1n) is 6.59. The van der Waals surface area contributed by atoms with E-state index in [1.807, 2.05) is 4.90 Å². The van der Waals surface area contributed by atoms with Crippen LogP contribution < -0.4 is 0 Å². The summed E-state index contributed by atoms with van der Waals surface area (Å²) >= 11 is 3.43. The fraction of sp³-hybridized carbons (Fsp3) is 0.923. The van der Waals surface area contributed by atoms with Gasteiger partial charge in [-0.1, -0.05) is 42.1 Å². The Hall–Kier alpha value is -0.0500. The second-order valence-electron chi connectivity index (χ2n) is 5.51. The van der Waals surface area contributed by atoms with Gasteiger partial charge < -0.3 is 4.90 Å². The van der Waals surface area contributed by atoms with Gasteiger partial charge in [0.05, 0.1) is 4.83 Å². The molecule has 1 saturated heterocycles. The summed E-state index contributed by atoms with van der Waals surface area (Å²) in [5.41, 5.74) is 0. The Morgan fingerprint density at radius 1 is 1.38 bits per heavy atom. The summed E-state index contributed by atoms with van der Waals surface area (Å²) < 4.78 is 0. The average Bonchev–Trinajstić information content (AvgIpc) is 2.57. The molecule has 0 aromatic heterocycles.